The van der Waals surface area contributed by atoms with E-state index in [1.807, 2.05) is 5.41 Å². The third kappa shape index (κ3) is 3.32. The van der Waals surface area contributed by atoms with Crippen LogP contribution in [0, 0.1) is 0 Å². The highest BCUT2D eigenvalue weighted by Gasteiger charge is 2.14. The van der Waals surface area contributed by atoms with Crippen LogP contribution in [0.25, 0.3) is 0 Å². The molecule has 0 aliphatic carbocycles. The Kier molecular flexibility index (Phi) is 4.18. The van der Waals surface area contributed by atoms with Gasteiger partial charge in [0.05, 0.1) is 5.03 Å². The van der Waals surface area contributed by atoms with Crippen molar-refractivity contribution in [2.24, 2.45) is 5.73 Å². The van der Waals surface area contributed by atoms with E-state index in [1.54, 1.807) is 18.0 Å². The van der Waals surface area contributed by atoms with Gasteiger partial charge in [-0.1, -0.05) is 18.3 Å². The summed E-state index contributed by atoms with van der Waals surface area (Å²) in [5.74, 6) is 0. The van der Waals surface area contributed by atoms with Gasteiger partial charge >= 0.3 is 0 Å². The van der Waals surface area contributed by atoms with Gasteiger partial charge in [0.1, 0.15) is 0 Å². The summed E-state index contributed by atoms with van der Waals surface area (Å²) in [7, 11) is 2.15. The Bertz CT molecular complexity index is 195. The minimum absolute atomic E-state index is 1.07. The predicted octanol–water partition coefficient (Wildman–Crippen LogP) is 0.868. The summed E-state index contributed by atoms with van der Waals surface area (Å²) in [6.07, 6.45) is 1.55. The number of thioether (sulfide) groups is 1. The van der Waals surface area contributed by atoms with Crippen molar-refractivity contribution in [3.8, 4) is 0 Å². The van der Waals surface area contributed by atoms with Crippen LogP contribution in [0.4, 0.5) is 0 Å². The van der Waals surface area contributed by atoms with Gasteiger partial charge in [-0.2, -0.15) is 0 Å². The minimum atomic E-state index is 1.07. The van der Waals surface area contributed by atoms with Crippen molar-refractivity contribution in [3.05, 3.63) is 23.2 Å². The molecule has 1 aliphatic rings. The Hall–Kier alpha value is -0.610. The Morgan fingerprint density at radius 2 is 2.00 bits per heavy atom. The molecule has 4 heteroatoms. The molecule has 0 aromatic heterocycles. The Labute approximate surface area is 84.3 Å². The highest BCUT2D eigenvalue weighted by Crippen LogP contribution is 2.19. The monoisotopic (exact) mass is 199 g/mol. The highest BCUT2D eigenvalue weighted by atomic mass is 32.2. The molecule has 1 fully saturated rings. The molecule has 0 unspecified atom stereocenters. The SMILES string of the molecule is C=C(S/C=C\N)N1CCN(C)CC1. The average molecular weight is 199 g/mol. The zero-order valence-electron chi connectivity index (χ0n) is 8.07. The van der Waals surface area contributed by atoms with Crippen molar-refractivity contribution < 1.29 is 0 Å². The first-order valence-corrected chi connectivity index (χ1v) is 5.28. The van der Waals surface area contributed by atoms with Gasteiger partial charge in [0.25, 0.3) is 0 Å². The van der Waals surface area contributed by atoms with Gasteiger partial charge in [-0.15, -0.1) is 0 Å². The zero-order chi connectivity index (χ0) is 9.68. The minimum Gasteiger partial charge on any atom is -0.404 e. The van der Waals surface area contributed by atoms with Crippen molar-refractivity contribution in [1.29, 1.82) is 0 Å². The van der Waals surface area contributed by atoms with Gasteiger partial charge in [0.15, 0.2) is 0 Å². The molecule has 1 heterocycles. The normalized spacial score (nSPS) is 19.6. The third-order valence-electron chi connectivity index (χ3n) is 2.14. The van der Waals surface area contributed by atoms with Crippen LogP contribution in [0.15, 0.2) is 23.2 Å². The number of nitrogens with zero attached hydrogens (tertiary/aromatic N) is 2. The van der Waals surface area contributed by atoms with Crippen molar-refractivity contribution in [1.82, 2.24) is 9.80 Å². The van der Waals surface area contributed by atoms with Gasteiger partial charge in [-0.3, -0.25) is 0 Å². The molecule has 1 saturated heterocycles. The molecular weight excluding hydrogens is 182 g/mol. The van der Waals surface area contributed by atoms with E-state index in [4.69, 9.17) is 5.73 Å². The molecule has 2 N–H and O–H groups in total. The first kappa shape index (κ1) is 10.5. The molecular formula is C9H17N3S. The van der Waals surface area contributed by atoms with Crippen LogP contribution in [0.5, 0.6) is 0 Å². The Morgan fingerprint density at radius 1 is 1.38 bits per heavy atom. The van der Waals surface area contributed by atoms with Crippen LogP contribution in [-0.4, -0.2) is 43.0 Å². The van der Waals surface area contributed by atoms with Gasteiger partial charge < -0.3 is 15.5 Å². The fourth-order valence-electron chi connectivity index (χ4n) is 1.25. The van der Waals surface area contributed by atoms with E-state index in [2.05, 4.69) is 23.4 Å². The Balaban J connectivity index is 2.31. The molecule has 13 heavy (non-hydrogen) atoms. The lowest BCUT2D eigenvalue weighted by Crippen LogP contribution is -2.43. The van der Waals surface area contributed by atoms with Crippen LogP contribution in [0.1, 0.15) is 0 Å². The third-order valence-corrected chi connectivity index (χ3v) is 2.96. The predicted molar refractivity (Wildman–Crippen MR) is 59.1 cm³/mol. The van der Waals surface area contributed by atoms with Gasteiger partial charge in [0.2, 0.25) is 0 Å². The topological polar surface area (TPSA) is 32.5 Å². The fraction of sp³-hybridized carbons (Fsp3) is 0.556. The molecule has 1 rings (SSSR count). The molecule has 0 aromatic carbocycles. The number of nitrogens with two attached hydrogens (primary N) is 1. The van der Waals surface area contributed by atoms with E-state index in [1.165, 1.54) is 0 Å². The second kappa shape index (κ2) is 5.19. The fourth-order valence-corrected chi connectivity index (χ4v) is 1.82. The molecule has 74 valence electrons. The maximum Gasteiger partial charge on any atom is 0.0678 e. The summed E-state index contributed by atoms with van der Waals surface area (Å²) >= 11 is 1.59. The van der Waals surface area contributed by atoms with Crippen LogP contribution >= 0.6 is 11.8 Å². The molecule has 0 bridgehead atoms. The van der Waals surface area contributed by atoms with Gasteiger partial charge in [-0.05, 0) is 12.5 Å². The molecule has 0 radical (unpaired) electrons. The number of hydrogen-bond donors (Lipinski definition) is 1. The van der Waals surface area contributed by atoms with E-state index in [0.29, 0.717) is 0 Å². The summed E-state index contributed by atoms with van der Waals surface area (Å²) in [5.41, 5.74) is 5.26. The highest BCUT2D eigenvalue weighted by molar-refractivity contribution is 8.05. The van der Waals surface area contributed by atoms with Gasteiger partial charge in [-0.25, -0.2) is 0 Å². The molecule has 0 saturated carbocycles. The maximum atomic E-state index is 5.26. The van der Waals surface area contributed by atoms with Crippen LogP contribution in [0.2, 0.25) is 0 Å². The van der Waals surface area contributed by atoms with E-state index < -0.39 is 0 Å². The smallest absolute Gasteiger partial charge is 0.0678 e. The van der Waals surface area contributed by atoms with Crippen LogP contribution in [0.3, 0.4) is 0 Å². The van der Waals surface area contributed by atoms with Crippen molar-refractivity contribution in [2.75, 3.05) is 33.2 Å². The number of hydrogen-bond acceptors (Lipinski definition) is 4. The van der Waals surface area contributed by atoms with E-state index >= 15 is 0 Å². The summed E-state index contributed by atoms with van der Waals surface area (Å²) in [6, 6.07) is 0. The average Bonchev–Trinajstić information content (AvgIpc) is 2.15. The van der Waals surface area contributed by atoms with Crippen molar-refractivity contribution >= 4 is 11.8 Å². The quantitative estimate of drug-likeness (QED) is 0.731. The molecule has 0 amide bonds. The molecule has 3 nitrogen and oxygen atoms in total. The lowest BCUT2D eigenvalue weighted by molar-refractivity contribution is 0.195. The van der Waals surface area contributed by atoms with Crippen molar-refractivity contribution in [2.45, 2.75) is 0 Å². The Morgan fingerprint density at radius 3 is 2.54 bits per heavy atom. The summed E-state index contributed by atoms with van der Waals surface area (Å²) in [5, 5.41) is 2.95. The molecule has 0 atom stereocenters. The lowest BCUT2D eigenvalue weighted by Gasteiger charge is -2.34. The van der Waals surface area contributed by atoms with E-state index in [0.717, 1.165) is 31.2 Å². The van der Waals surface area contributed by atoms with Crippen LogP contribution < -0.4 is 5.73 Å². The lowest BCUT2D eigenvalue weighted by atomic mass is 10.3. The van der Waals surface area contributed by atoms with Crippen LogP contribution in [-0.2, 0) is 0 Å². The molecule has 0 spiro atoms. The number of rotatable bonds is 3. The molecule has 0 aromatic rings. The number of piperazine rings is 1. The first-order chi connectivity index (χ1) is 6.24. The zero-order valence-corrected chi connectivity index (χ0v) is 8.89. The van der Waals surface area contributed by atoms with Crippen molar-refractivity contribution in [3.63, 3.8) is 0 Å². The largest absolute Gasteiger partial charge is 0.404 e. The van der Waals surface area contributed by atoms with E-state index in [-0.39, 0.29) is 0 Å². The summed E-state index contributed by atoms with van der Waals surface area (Å²) < 4.78 is 0. The standard InChI is InChI=1S/C9H17N3S/c1-9(13-8-3-10)12-6-4-11(2)5-7-12/h3,8H,1,4-7,10H2,2H3/b8-3-. The van der Waals surface area contributed by atoms with Gasteiger partial charge in [0, 0.05) is 32.4 Å². The number of likely N-dealkylation sites (N-methyl/N-ethyl adjacent to an activating group) is 1. The second-order valence-electron chi connectivity index (χ2n) is 3.13. The summed E-state index contributed by atoms with van der Waals surface area (Å²) in [6.45, 7) is 8.38. The summed E-state index contributed by atoms with van der Waals surface area (Å²) in [4.78, 5) is 4.62. The second-order valence-corrected chi connectivity index (χ2v) is 4.11. The van der Waals surface area contributed by atoms with E-state index in [9.17, 15) is 0 Å². The first-order valence-electron chi connectivity index (χ1n) is 4.40. The maximum absolute atomic E-state index is 5.26. The molecule has 1 aliphatic heterocycles.